The van der Waals surface area contributed by atoms with Gasteiger partial charge in [-0.25, -0.2) is 9.97 Å². The predicted molar refractivity (Wildman–Crippen MR) is 62.1 cm³/mol. The average molecular weight is 250 g/mol. The van der Waals surface area contributed by atoms with Gasteiger partial charge in [-0.3, -0.25) is 4.79 Å². The topological polar surface area (TPSA) is 78.1 Å². The number of carbonyl (C=O) groups is 1. The van der Waals surface area contributed by atoms with Gasteiger partial charge in [-0.2, -0.15) is 0 Å². The molecule has 86 valence electrons. The third kappa shape index (κ3) is 2.92. The summed E-state index contributed by atoms with van der Waals surface area (Å²) in [4.78, 5) is 18.5. The number of halogens is 1. The molecule has 17 heavy (non-hydrogen) atoms. The Balaban J connectivity index is 2.16. The summed E-state index contributed by atoms with van der Waals surface area (Å²) >= 11 is 5.69. The highest BCUT2D eigenvalue weighted by atomic mass is 35.5. The second kappa shape index (κ2) is 4.80. The molecule has 0 fully saturated rings. The molecule has 2 N–H and O–H groups in total. The standard InChI is InChI=1S/C11H8ClN3O2/c12-9-5-10(15-6-14-9)17-8-3-1-7(2-4-8)11(13)16/h1-6H,(H2,13,16). The van der Waals surface area contributed by atoms with Crippen molar-refractivity contribution in [3.05, 3.63) is 47.4 Å². The molecule has 0 saturated heterocycles. The zero-order valence-electron chi connectivity index (χ0n) is 8.63. The highest BCUT2D eigenvalue weighted by molar-refractivity contribution is 6.29. The van der Waals surface area contributed by atoms with Crippen LogP contribution < -0.4 is 10.5 Å². The normalized spacial score (nSPS) is 9.94. The van der Waals surface area contributed by atoms with E-state index in [1.165, 1.54) is 12.4 Å². The molecule has 2 rings (SSSR count). The van der Waals surface area contributed by atoms with Crippen molar-refractivity contribution < 1.29 is 9.53 Å². The molecule has 1 aromatic heterocycles. The lowest BCUT2D eigenvalue weighted by Crippen LogP contribution is -2.10. The number of ether oxygens (including phenoxy) is 1. The fourth-order valence-corrected chi connectivity index (χ4v) is 1.32. The minimum absolute atomic E-state index is 0.295. The minimum Gasteiger partial charge on any atom is -0.439 e. The Morgan fingerprint density at radius 2 is 1.94 bits per heavy atom. The van der Waals surface area contributed by atoms with E-state index in [9.17, 15) is 4.79 Å². The number of aromatic nitrogens is 2. The molecule has 0 saturated carbocycles. The van der Waals surface area contributed by atoms with Crippen LogP contribution in [0, 0.1) is 0 Å². The van der Waals surface area contributed by atoms with E-state index >= 15 is 0 Å². The molecule has 0 aliphatic heterocycles. The lowest BCUT2D eigenvalue weighted by molar-refractivity contribution is 0.100. The van der Waals surface area contributed by atoms with Crippen LogP contribution in [0.1, 0.15) is 10.4 Å². The second-order valence-corrected chi connectivity index (χ2v) is 3.56. The maximum Gasteiger partial charge on any atom is 0.248 e. The van der Waals surface area contributed by atoms with Gasteiger partial charge in [-0.05, 0) is 24.3 Å². The van der Waals surface area contributed by atoms with Crippen LogP contribution >= 0.6 is 11.6 Å². The Bertz CT molecular complexity index is 543. The summed E-state index contributed by atoms with van der Waals surface area (Å²) in [7, 11) is 0. The van der Waals surface area contributed by atoms with Crippen LogP contribution in [-0.2, 0) is 0 Å². The number of hydrogen-bond acceptors (Lipinski definition) is 4. The number of hydrogen-bond donors (Lipinski definition) is 1. The molecule has 0 unspecified atom stereocenters. The van der Waals surface area contributed by atoms with Gasteiger partial charge in [-0.15, -0.1) is 0 Å². The lowest BCUT2D eigenvalue weighted by atomic mass is 10.2. The number of rotatable bonds is 3. The Kier molecular flexibility index (Phi) is 3.20. The SMILES string of the molecule is NC(=O)c1ccc(Oc2cc(Cl)ncn2)cc1. The average Bonchev–Trinajstić information content (AvgIpc) is 2.29. The lowest BCUT2D eigenvalue weighted by Gasteiger charge is -2.04. The van der Waals surface area contributed by atoms with E-state index in [-0.39, 0.29) is 0 Å². The summed E-state index contributed by atoms with van der Waals surface area (Å²) in [6.45, 7) is 0. The fraction of sp³-hybridized carbons (Fsp3) is 0. The molecule has 0 aliphatic carbocycles. The molecule has 5 nitrogen and oxygen atoms in total. The highest BCUT2D eigenvalue weighted by Gasteiger charge is 2.02. The molecule has 0 spiro atoms. The number of amides is 1. The molecule has 0 bridgehead atoms. The van der Waals surface area contributed by atoms with Gasteiger partial charge in [0, 0.05) is 11.6 Å². The summed E-state index contributed by atoms with van der Waals surface area (Å²) in [6, 6.07) is 7.87. The number of primary amides is 1. The maximum absolute atomic E-state index is 10.9. The van der Waals surface area contributed by atoms with Crippen LogP contribution in [0.2, 0.25) is 5.15 Å². The molecule has 0 aliphatic rings. The smallest absolute Gasteiger partial charge is 0.248 e. The molecule has 0 radical (unpaired) electrons. The molecule has 1 amide bonds. The van der Waals surface area contributed by atoms with E-state index < -0.39 is 5.91 Å². The number of benzene rings is 1. The van der Waals surface area contributed by atoms with Crippen molar-refractivity contribution in [3.63, 3.8) is 0 Å². The van der Waals surface area contributed by atoms with Crippen LogP contribution in [0.15, 0.2) is 36.7 Å². The predicted octanol–water partition coefficient (Wildman–Crippen LogP) is 2.02. The van der Waals surface area contributed by atoms with E-state index in [1.54, 1.807) is 24.3 Å². The zero-order chi connectivity index (χ0) is 12.3. The molecule has 6 heteroatoms. The van der Waals surface area contributed by atoms with Crippen molar-refractivity contribution in [1.82, 2.24) is 9.97 Å². The van der Waals surface area contributed by atoms with Crippen molar-refractivity contribution in [3.8, 4) is 11.6 Å². The summed E-state index contributed by atoms with van der Waals surface area (Å²) in [5.41, 5.74) is 5.53. The molecule has 1 aromatic carbocycles. The van der Waals surface area contributed by atoms with Crippen molar-refractivity contribution >= 4 is 17.5 Å². The summed E-state index contributed by atoms with van der Waals surface area (Å²) in [5, 5.41) is 0.295. The Morgan fingerprint density at radius 1 is 1.24 bits per heavy atom. The Morgan fingerprint density at radius 3 is 2.53 bits per heavy atom. The molecule has 0 atom stereocenters. The number of carbonyl (C=O) groups excluding carboxylic acids is 1. The molecular formula is C11H8ClN3O2. The van der Waals surface area contributed by atoms with Gasteiger partial charge in [0.15, 0.2) is 0 Å². The first kappa shape index (κ1) is 11.3. The van der Waals surface area contributed by atoms with E-state index in [1.807, 2.05) is 0 Å². The van der Waals surface area contributed by atoms with Crippen LogP contribution in [0.3, 0.4) is 0 Å². The van der Waals surface area contributed by atoms with Gasteiger partial charge >= 0.3 is 0 Å². The van der Waals surface area contributed by atoms with E-state index in [0.29, 0.717) is 22.3 Å². The van der Waals surface area contributed by atoms with Gasteiger partial charge in [0.1, 0.15) is 17.2 Å². The first-order valence-corrected chi connectivity index (χ1v) is 5.08. The minimum atomic E-state index is -0.485. The van der Waals surface area contributed by atoms with E-state index in [2.05, 4.69) is 9.97 Å². The van der Waals surface area contributed by atoms with Crippen molar-refractivity contribution in [2.45, 2.75) is 0 Å². The largest absolute Gasteiger partial charge is 0.439 e. The molecule has 2 aromatic rings. The van der Waals surface area contributed by atoms with Crippen molar-refractivity contribution in [1.29, 1.82) is 0 Å². The van der Waals surface area contributed by atoms with E-state index in [4.69, 9.17) is 22.1 Å². The third-order valence-corrected chi connectivity index (χ3v) is 2.18. The van der Waals surface area contributed by atoms with Gasteiger partial charge in [0.25, 0.3) is 0 Å². The summed E-state index contributed by atoms with van der Waals surface area (Å²) in [6.07, 6.45) is 1.30. The van der Waals surface area contributed by atoms with Gasteiger partial charge in [0.05, 0.1) is 0 Å². The zero-order valence-corrected chi connectivity index (χ0v) is 9.39. The van der Waals surface area contributed by atoms with Crippen molar-refractivity contribution in [2.24, 2.45) is 5.73 Å². The Hall–Kier alpha value is -2.14. The third-order valence-electron chi connectivity index (χ3n) is 1.97. The quantitative estimate of drug-likeness (QED) is 0.844. The monoisotopic (exact) mass is 249 g/mol. The maximum atomic E-state index is 10.9. The second-order valence-electron chi connectivity index (χ2n) is 3.17. The summed E-state index contributed by atoms with van der Waals surface area (Å²) < 4.78 is 5.41. The van der Waals surface area contributed by atoms with E-state index in [0.717, 1.165) is 0 Å². The van der Waals surface area contributed by atoms with Gasteiger partial charge in [0.2, 0.25) is 11.8 Å². The number of nitrogens with zero attached hydrogens (tertiary/aromatic N) is 2. The van der Waals surface area contributed by atoms with Crippen LogP contribution in [0.5, 0.6) is 11.6 Å². The first-order valence-electron chi connectivity index (χ1n) is 4.70. The molecule has 1 heterocycles. The summed E-state index contributed by atoms with van der Waals surface area (Å²) in [5.74, 6) is 0.378. The first-order chi connectivity index (χ1) is 8.15. The van der Waals surface area contributed by atoms with Crippen LogP contribution in [0.4, 0.5) is 0 Å². The highest BCUT2D eigenvalue weighted by Crippen LogP contribution is 2.20. The van der Waals surface area contributed by atoms with Crippen LogP contribution in [-0.4, -0.2) is 15.9 Å². The molecular weight excluding hydrogens is 242 g/mol. The fourth-order valence-electron chi connectivity index (χ4n) is 1.18. The van der Waals surface area contributed by atoms with Gasteiger partial charge in [-0.1, -0.05) is 11.6 Å². The number of nitrogens with two attached hydrogens (primary N) is 1. The van der Waals surface area contributed by atoms with Crippen molar-refractivity contribution in [2.75, 3.05) is 0 Å². The van der Waals surface area contributed by atoms with Gasteiger partial charge < -0.3 is 10.5 Å². The van der Waals surface area contributed by atoms with Crippen LogP contribution in [0.25, 0.3) is 0 Å². The Labute approximate surface area is 102 Å².